The van der Waals surface area contributed by atoms with Crippen molar-refractivity contribution in [3.63, 3.8) is 0 Å². The van der Waals surface area contributed by atoms with Gasteiger partial charge in [-0.15, -0.1) is 0 Å². The molecule has 0 radical (unpaired) electrons. The van der Waals surface area contributed by atoms with Gasteiger partial charge in [-0.25, -0.2) is 22.4 Å². The third kappa shape index (κ3) is 3.24. The van der Waals surface area contributed by atoms with E-state index in [1.165, 1.54) is 29.6 Å². The molecule has 0 aliphatic carbocycles. The molecule has 3 rings (SSSR count). The second-order valence-electron chi connectivity index (χ2n) is 5.47. The smallest absolute Gasteiger partial charge is 0.324 e. The molecule has 0 fully saturated rings. The zero-order chi connectivity index (χ0) is 20.6. The van der Waals surface area contributed by atoms with E-state index >= 15 is 0 Å². The van der Waals surface area contributed by atoms with Gasteiger partial charge in [0.1, 0.15) is 11.4 Å². The third-order valence-electron chi connectivity index (χ3n) is 3.69. The molecule has 0 atom stereocenters. The van der Waals surface area contributed by atoms with Crippen molar-refractivity contribution in [1.29, 1.82) is 0 Å². The number of amides is 2. The number of urea groups is 1. The first-order valence-electron chi connectivity index (χ1n) is 7.50. The molecular weight excluding hydrogens is 386 g/mol. The highest BCUT2D eigenvalue weighted by atomic mass is 19.2. The zero-order valence-electron chi connectivity index (χ0n) is 13.6. The highest BCUT2D eigenvalue weighted by Crippen LogP contribution is 2.27. The van der Waals surface area contributed by atoms with Gasteiger partial charge in [0.25, 0.3) is 11.0 Å². The second-order valence-corrected chi connectivity index (χ2v) is 5.47. The molecule has 144 valence electrons. The number of carbonyl (C=O) groups excluding carboxylic acids is 1. The predicted molar refractivity (Wildman–Crippen MR) is 91.4 cm³/mol. The number of benzene rings is 2. The van der Waals surface area contributed by atoms with Crippen molar-refractivity contribution in [2.45, 2.75) is 0 Å². The number of hydrogen-bond acceptors (Lipinski definition) is 4. The Morgan fingerprint density at radius 1 is 0.929 bits per heavy atom. The van der Waals surface area contributed by atoms with Gasteiger partial charge in [0.15, 0.2) is 29.0 Å². The Morgan fingerprint density at radius 2 is 1.50 bits per heavy atom. The molecule has 0 bridgehead atoms. The van der Waals surface area contributed by atoms with Crippen LogP contribution in [-0.4, -0.2) is 16.1 Å². The molecule has 0 spiro atoms. The lowest BCUT2D eigenvalue weighted by Crippen LogP contribution is -2.30. The molecule has 0 saturated heterocycles. The van der Waals surface area contributed by atoms with Crippen molar-refractivity contribution in [1.82, 2.24) is 4.98 Å². The molecule has 3 aromatic rings. The Labute approximate surface area is 152 Å². The van der Waals surface area contributed by atoms with Gasteiger partial charge < -0.3 is 20.7 Å². The molecule has 11 heteroatoms. The fourth-order valence-corrected chi connectivity index (χ4v) is 2.39. The highest BCUT2D eigenvalue weighted by Gasteiger charge is 2.22. The number of para-hydroxylation sites is 1. The lowest BCUT2D eigenvalue weighted by molar-refractivity contribution is 0.261. The molecule has 7 nitrogen and oxygen atoms in total. The van der Waals surface area contributed by atoms with E-state index in [1.807, 2.05) is 0 Å². The summed E-state index contributed by atoms with van der Waals surface area (Å²) in [5.41, 5.74) is -4.87. The maximum Gasteiger partial charge on any atom is 0.324 e. The topological polar surface area (TPSA) is 111 Å². The molecule has 1 aromatic heterocycles. The van der Waals surface area contributed by atoms with Crippen molar-refractivity contribution in [3.05, 3.63) is 74.2 Å². The van der Waals surface area contributed by atoms with E-state index in [-0.39, 0.29) is 17.0 Å². The van der Waals surface area contributed by atoms with Gasteiger partial charge in [-0.2, -0.15) is 0 Å². The van der Waals surface area contributed by atoms with E-state index in [9.17, 15) is 37.1 Å². The van der Waals surface area contributed by atoms with Gasteiger partial charge in [-0.3, -0.25) is 9.59 Å². The maximum atomic E-state index is 13.6. The van der Waals surface area contributed by atoms with E-state index in [1.54, 1.807) is 5.32 Å². The van der Waals surface area contributed by atoms with Crippen LogP contribution in [0.5, 0.6) is 5.75 Å². The van der Waals surface area contributed by atoms with Crippen molar-refractivity contribution in [3.8, 4) is 5.75 Å². The second kappa shape index (κ2) is 7.02. The first-order valence-corrected chi connectivity index (χ1v) is 7.50. The Balaban J connectivity index is 2.06. The minimum Gasteiger partial charge on any atom is -0.505 e. The number of rotatable bonds is 2. The van der Waals surface area contributed by atoms with Gasteiger partial charge in [0.05, 0.1) is 5.52 Å². The highest BCUT2D eigenvalue weighted by molar-refractivity contribution is 6.02. The summed E-state index contributed by atoms with van der Waals surface area (Å²) in [5, 5.41) is 13.5. The van der Waals surface area contributed by atoms with Crippen LogP contribution in [0.1, 0.15) is 0 Å². The summed E-state index contributed by atoms with van der Waals surface area (Å²) >= 11 is 0. The normalized spacial score (nSPS) is 10.7. The van der Waals surface area contributed by atoms with E-state index < -0.39 is 57.4 Å². The first-order chi connectivity index (χ1) is 13.2. The first kappa shape index (κ1) is 18.9. The Kier molecular flexibility index (Phi) is 4.74. The molecule has 0 unspecified atom stereocenters. The molecule has 4 N–H and O–H groups in total. The van der Waals surface area contributed by atoms with Gasteiger partial charge in [0, 0.05) is 11.5 Å². The molecule has 2 aromatic carbocycles. The average molecular weight is 395 g/mol. The van der Waals surface area contributed by atoms with E-state index in [0.717, 1.165) is 0 Å². The summed E-state index contributed by atoms with van der Waals surface area (Å²) in [4.78, 5) is 38.2. The van der Waals surface area contributed by atoms with Crippen LogP contribution in [0.3, 0.4) is 0 Å². The van der Waals surface area contributed by atoms with Crippen molar-refractivity contribution >= 4 is 28.3 Å². The summed E-state index contributed by atoms with van der Waals surface area (Å²) in [5.74, 6) is -8.12. The van der Waals surface area contributed by atoms with Crippen molar-refractivity contribution in [2.24, 2.45) is 0 Å². The number of aromatic amines is 1. The number of fused-ring (bicyclic) bond motifs is 1. The summed E-state index contributed by atoms with van der Waals surface area (Å²) < 4.78 is 53.7. The SMILES string of the molecule is O=C(Nc1c(F)c(F)cc(F)c1F)Nc1c(O)c2ccccc2[nH]c(=O)c1=O. The Bertz CT molecular complexity index is 1220. The monoisotopic (exact) mass is 395 g/mol. The molecule has 0 saturated carbocycles. The molecule has 28 heavy (non-hydrogen) atoms. The summed E-state index contributed by atoms with van der Waals surface area (Å²) in [6, 6.07) is 4.08. The number of hydrogen-bond donors (Lipinski definition) is 4. The van der Waals surface area contributed by atoms with E-state index in [2.05, 4.69) is 4.98 Å². The van der Waals surface area contributed by atoms with Crippen molar-refractivity contribution < 1.29 is 27.5 Å². The van der Waals surface area contributed by atoms with Crippen LogP contribution in [0, 0.1) is 23.3 Å². The number of anilines is 2. The molecule has 2 amide bonds. The Hall–Kier alpha value is -3.89. The fourth-order valence-electron chi connectivity index (χ4n) is 2.39. The van der Waals surface area contributed by atoms with Gasteiger partial charge in [-0.05, 0) is 12.1 Å². The van der Waals surface area contributed by atoms with Crippen LogP contribution in [-0.2, 0) is 0 Å². The molecular formula is C17H9F4N3O4. The van der Waals surface area contributed by atoms with Crippen LogP contribution in [0.2, 0.25) is 0 Å². The lowest BCUT2D eigenvalue weighted by Gasteiger charge is -2.10. The van der Waals surface area contributed by atoms with Crippen molar-refractivity contribution in [2.75, 3.05) is 10.6 Å². The third-order valence-corrected chi connectivity index (χ3v) is 3.69. The Morgan fingerprint density at radius 3 is 2.14 bits per heavy atom. The van der Waals surface area contributed by atoms with Crippen LogP contribution in [0.15, 0.2) is 39.9 Å². The molecule has 0 aliphatic heterocycles. The number of aromatic hydroxyl groups is 1. The number of H-pyrrole nitrogens is 1. The average Bonchev–Trinajstić information content (AvgIpc) is 2.74. The predicted octanol–water partition coefficient (Wildman–Crippen LogP) is 2.79. The maximum absolute atomic E-state index is 13.6. The summed E-state index contributed by atoms with van der Waals surface area (Å²) in [6.07, 6.45) is 0. The number of nitrogens with one attached hydrogen (secondary N) is 3. The van der Waals surface area contributed by atoms with Gasteiger partial charge >= 0.3 is 6.03 Å². The molecule has 0 aliphatic rings. The zero-order valence-corrected chi connectivity index (χ0v) is 13.6. The molecule has 1 heterocycles. The van der Waals surface area contributed by atoms with Crippen LogP contribution in [0.25, 0.3) is 10.9 Å². The van der Waals surface area contributed by atoms with E-state index in [0.29, 0.717) is 0 Å². The minimum atomic E-state index is -1.89. The largest absolute Gasteiger partial charge is 0.505 e. The lowest BCUT2D eigenvalue weighted by atomic mass is 10.2. The van der Waals surface area contributed by atoms with Crippen LogP contribution in [0.4, 0.5) is 33.7 Å². The fraction of sp³-hybridized carbons (Fsp3) is 0. The quantitative estimate of drug-likeness (QED) is 0.304. The van der Waals surface area contributed by atoms with E-state index in [4.69, 9.17) is 0 Å². The summed E-state index contributed by atoms with van der Waals surface area (Å²) in [7, 11) is 0. The van der Waals surface area contributed by atoms with Crippen LogP contribution < -0.4 is 21.6 Å². The van der Waals surface area contributed by atoms with Gasteiger partial charge in [-0.1, -0.05) is 12.1 Å². The van der Waals surface area contributed by atoms with Crippen LogP contribution >= 0.6 is 0 Å². The number of halogens is 4. The number of aromatic nitrogens is 1. The standard InChI is InChI=1S/C17H9F4N3O4/c18-7-5-8(19)11(21)12(10(7)20)23-17(28)24-13-14(25)6-3-1-2-4-9(6)22-16(27)15(13)26/h1-5H,(H4,22,23,24,25,26,27,28). The number of carbonyl (C=O) groups is 1. The van der Waals surface area contributed by atoms with Gasteiger partial charge in [0.2, 0.25) is 0 Å². The minimum absolute atomic E-state index is 0.0221. The summed E-state index contributed by atoms with van der Waals surface area (Å²) in [6.45, 7) is 0.